The fourth-order valence-electron chi connectivity index (χ4n) is 3.17. The summed E-state index contributed by atoms with van der Waals surface area (Å²) in [5.41, 5.74) is 1.36. The first-order valence-electron chi connectivity index (χ1n) is 9.73. The number of hydrogen-bond donors (Lipinski definition) is 0. The second-order valence-corrected chi connectivity index (χ2v) is 7.53. The van der Waals surface area contributed by atoms with Crippen LogP contribution in [0.2, 0.25) is 0 Å². The number of methoxy groups -OCH3 is 2. The van der Waals surface area contributed by atoms with Crippen LogP contribution in [0.15, 0.2) is 42.5 Å². The Bertz CT molecular complexity index is 975. The predicted molar refractivity (Wildman–Crippen MR) is 126 cm³/mol. The number of para-hydroxylation sites is 1. The van der Waals surface area contributed by atoms with Gasteiger partial charge in [-0.3, -0.25) is 9.69 Å². The van der Waals surface area contributed by atoms with E-state index in [1.54, 1.807) is 25.2 Å². The van der Waals surface area contributed by atoms with E-state index in [0.717, 1.165) is 29.9 Å². The fraction of sp³-hybridized carbons (Fsp3) is 0.364. The summed E-state index contributed by atoms with van der Waals surface area (Å²) < 4.78 is 11.7. The zero-order valence-electron chi connectivity index (χ0n) is 17.8. The highest BCUT2D eigenvalue weighted by atomic mass is 35.5. The van der Waals surface area contributed by atoms with Crippen molar-refractivity contribution in [2.75, 3.05) is 45.3 Å². The summed E-state index contributed by atoms with van der Waals surface area (Å²) in [5.74, 6) is 1.28. The van der Waals surface area contributed by atoms with Crippen LogP contribution in [0.1, 0.15) is 24.2 Å². The number of thiazole rings is 1. The van der Waals surface area contributed by atoms with Crippen LogP contribution in [-0.2, 0) is 0 Å². The third-order valence-corrected chi connectivity index (χ3v) is 5.96. The van der Waals surface area contributed by atoms with Gasteiger partial charge in [-0.05, 0) is 43.4 Å². The molecule has 30 heavy (non-hydrogen) atoms. The molecule has 0 fully saturated rings. The van der Waals surface area contributed by atoms with Crippen molar-refractivity contribution in [3.05, 3.63) is 48.0 Å². The summed E-state index contributed by atoms with van der Waals surface area (Å²) in [5, 5.41) is 0.671. The zero-order chi connectivity index (χ0) is 20.8. The van der Waals surface area contributed by atoms with E-state index in [0.29, 0.717) is 28.7 Å². The minimum absolute atomic E-state index is 0. The Morgan fingerprint density at radius 1 is 1.03 bits per heavy atom. The molecule has 3 rings (SSSR count). The first-order chi connectivity index (χ1) is 14.1. The van der Waals surface area contributed by atoms with E-state index in [1.807, 2.05) is 36.4 Å². The Hall–Kier alpha value is -2.35. The third kappa shape index (κ3) is 5.22. The van der Waals surface area contributed by atoms with E-state index >= 15 is 0 Å². The number of benzene rings is 2. The first kappa shape index (κ1) is 23.9. The second kappa shape index (κ2) is 11.2. The number of ether oxygens (including phenoxy) is 2. The van der Waals surface area contributed by atoms with Crippen LogP contribution in [0.4, 0.5) is 5.13 Å². The molecule has 0 N–H and O–H groups in total. The molecule has 0 radical (unpaired) electrons. The standard InChI is InChI=1S/C22H27N3O3S.ClH/c1-5-24(6-2)13-14-25(21(26)16-9-7-10-17(15-16)27-3)22-23-20-18(28-4)11-8-12-19(20)29-22;/h7-12,15H,5-6,13-14H2,1-4H3;1H. The van der Waals surface area contributed by atoms with Crippen LogP contribution in [0.25, 0.3) is 10.2 Å². The average molecular weight is 450 g/mol. The van der Waals surface area contributed by atoms with Crippen LogP contribution in [0, 0.1) is 0 Å². The van der Waals surface area contributed by atoms with Crippen molar-refractivity contribution in [1.82, 2.24) is 9.88 Å². The van der Waals surface area contributed by atoms with E-state index in [2.05, 4.69) is 18.7 Å². The highest BCUT2D eigenvalue weighted by molar-refractivity contribution is 7.22. The van der Waals surface area contributed by atoms with Gasteiger partial charge in [0.2, 0.25) is 0 Å². The number of nitrogens with zero attached hydrogens (tertiary/aromatic N) is 3. The van der Waals surface area contributed by atoms with Gasteiger partial charge in [-0.15, -0.1) is 12.4 Å². The molecule has 0 unspecified atom stereocenters. The van der Waals surface area contributed by atoms with Gasteiger partial charge in [-0.25, -0.2) is 4.98 Å². The molecule has 6 nitrogen and oxygen atoms in total. The van der Waals surface area contributed by atoms with Crippen LogP contribution >= 0.6 is 23.7 Å². The molecule has 0 saturated carbocycles. The second-order valence-electron chi connectivity index (χ2n) is 6.52. The number of hydrogen-bond acceptors (Lipinski definition) is 6. The lowest BCUT2D eigenvalue weighted by Crippen LogP contribution is -2.38. The van der Waals surface area contributed by atoms with Gasteiger partial charge in [0, 0.05) is 18.7 Å². The van der Waals surface area contributed by atoms with Gasteiger partial charge in [0.05, 0.1) is 18.9 Å². The summed E-state index contributed by atoms with van der Waals surface area (Å²) in [4.78, 5) is 22.2. The van der Waals surface area contributed by atoms with E-state index in [1.165, 1.54) is 11.3 Å². The number of carbonyl (C=O) groups excluding carboxylic acids is 1. The van der Waals surface area contributed by atoms with Crippen molar-refractivity contribution >= 4 is 45.0 Å². The lowest BCUT2D eigenvalue weighted by atomic mass is 10.2. The first-order valence-corrected chi connectivity index (χ1v) is 10.5. The molecule has 0 atom stereocenters. The Labute approximate surface area is 187 Å². The monoisotopic (exact) mass is 449 g/mol. The molecule has 1 aromatic heterocycles. The maximum atomic E-state index is 13.4. The molecule has 2 aromatic carbocycles. The van der Waals surface area contributed by atoms with Crippen LogP contribution in [-0.4, -0.2) is 56.2 Å². The van der Waals surface area contributed by atoms with Gasteiger partial charge in [-0.1, -0.05) is 37.3 Å². The molecule has 3 aromatic rings. The fourth-order valence-corrected chi connectivity index (χ4v) is 4.18. The minimum atomic E-state index is -0.0888. The van der Waals surface area contributed by atoms with Crippen LogP contribution in [0.5, 0.6) is 11.5 Å². The maximum Gasteiger partial charge on any atom is 0.260 e. The molecule has 8 heteroatoms. The Morgan fingerprint density at radius 3 is 2.43 bits per heavy atom. The van der Waals surface area contributed by atoms with E-state index in [-0.39, 0.29) is 18.3 Å². The number of amides is 1. The minimum Gasteiger partial charge on any atom is -0.497 e. The molecular weight excluding hydrogens is 422 g/mol. The number of halogens is 1. The van der Waals surface area contributed by atoms with Crippen molar-refractivity contribution in [3.63, 3.8) is 0 Å². The van der Waals surface area contributed by atoms with Crippen molar-refractivity contribution in [2.24, 2.45) is 0 Å². The topological polar surface area (TPSA) is 54.9 Å². The van der Waals surface area contributed by atoms with E-state index in [4.69, 9.17) is 14.5 Å². The molecule has 0 saturated heterocycles. The Balaban J connectivity index is 0.00000320. The predicted octanol–water partition coefficient (Wildman–Crippen LogP) is 4.72. The lowest BCUT2D eigenvalue weighted by molar-refractivity contribution is 0.0983. The van der Waals surface area contributed by atoms with Gasteiger partial charge in [0.15, 0.2) is 5.13 Å². The number of anilines is 1. The number of fused-ring (bicyclic) bond motifs is 1. The van der Waals surface area contributed by atoms with Gasteiger partial charge in [0.1, 0.15) is 17.0 Å². The van der Waals surface area contributed by atoms with Gasteiger partial charge < -0.3 is 14.4 Å². The lowest BCUT2D eigenvalue weighted by Gasteiger charge is -2.24. The quantitative estimate of drug-likeness (QED) is 0.473. The van der Waals surface area contributed by atoms with Gasteiger partial charge >= 0.3 is 0 Å². The SMILES string of the molecule is CCN(CC)CCN(C(=O)c1cccc(OC)c1)c1nc2c(OC)cccc2s1.Cl. The number of rotatable bonds is 9. The smallest absolute Gasteiger partial charge is 0.260 e. The number of carbonyl (C=O) groups is 1. The van der Waals surface area contributed by atoms with Crippen LogP contribution in [0.3, 0.4) is 0 Å². The Morgan fingerprint density at radius 2 is 1.77 bits per heavy atom. The van der Waals surface area contributed by atoms with Crippen molar-refractivity contribution in [1.29, 1.82) is 0 Å². The van der Waals surface area contributed by atoms with E-state index in [9.17, 15) is 4.79 Å². The normalized spacial score (nSPS) is 10.7. The van der Waals surface area contributed by atoms with Crippen molar-refractivity contribution < 1.29 is 14.3 Å². The highest BCUT2D eigenvalue weighted by Gasteiger charge is 2.23. The molecule has 0 spiro atoms. The molecule has 0 aliphatic rings. The van der Waals surface area contributed by atoms with E-state index < -0.39 is 0 Å². The molecule has 0 aliphatic heterocycles. The number of aromatic nitrogens is 1. The molecule has 1 heterocycles. The zero-order valence-corrected chi connectivity index (χ0v) is 19.4. The number of likely N-dealkylation sites (N-methyl/N-ethyl adjacent to an activating group) is 1. The maximum absolute atomic E-state index is 13.4. The summed E-state index contributed by atoms with van der Waals surface area (Å²) >= 11 is 1.50. The third-order valence-electron chi connectivity index (χ3n) is 4.92. The molecular formula is C22H28ClN3O3S. The largest absolute Gasteiger partial charge is 0.497 e. The van der Waals surface area contributed by atoms with Crippen molar-refractivity contribution in [2.45, 2.75) is 13.8 Å². The summed E-state index contributed by atoms with van der Waals surface area (Å²) in [6.07, 6.45) is 0. The summed E-state index contributed by atoms with van der Waals surface area (Å²) in [7, 11) is 3.23. The Kier molecular flexibility index (Phi) is 8.89. The average Bonchev–Trinajstić information content (AvgIpc) is 3.20. The van der Waals surface area contributed by atoms with Crippen molar-refractivity contribution in [3.8, 4) is 11.5 Å². The van der Waals surface area contributed by atoms with Crippen LogP contribution < -0.4 is 14.4 Å². The molecule has 1 amide bonds. The van der Waals surface area contributed by atoms with Gasteiger partial charge in [-0.2, -0.15) is 0 Å². The molecule has 162 valence electrons. The summed E-state index contributed by atoms with van der Waals surface area (Å²) in [6, 6.07) is 13.1. The molecule has 0 bridgehead atoms. The highest BCUT2D eigenvalue weighted by Crippen LogP contribution is 2.34. The summed E-state index contributed by atoms with van der Waals surface area (Å²) in [6.45, 7) is 7.45. The molecule has 0 aliphatic carbocycles. The van der Waals surface area contributed by atoms with Gasteiger partial charge in [0.25, 0.3) is 5.91 Å².